The van der Waals surface area contributed by atoms with Crippen LogP contribution in [-0.4, -0.2) is 55.0 Å². The average Bonchev–Trinajstić information content (AvgIpc) is 3.07. The third-order valence-electron chi connectivity index (χ3n) is 4.25. The fraction of sp³-hybridized carbons (Fsp3) is 0.467. The molecule has 1 aromatic carbocycles. The Morgan fingerprint density at radius 2 is 1.87 bits per heavy atom. The Labute approximate surface area is 133 Å². The van der Waals surface area contributed by atoms with E-state index in [0.717, 1.165) is 23.5 Å². The maximum Gasteiger partial charge on any atom is 0.327 e. The van der Waals surface area contributed by atoms with E-state index in [9.17, 15) is 22.4 Å². The quantitative estimate of drug-likeness (QED) is 0.600. The molecule has 0 N–H and O–H groups in total. The summed E-state index contributed by atoms with van der Waals surface area (Å²) in [5.74, 6) is -0.926. The third-order valence-corrected chi connectivity index (χ3v) is 6.06. The normalized spacial score (nSPS) is 21.2. The number of carbonyl (C=O) groups excluding carboxylic acids is 2. The number of benzene rings is 1. The molecule has 2 saturated heterocycles. The summed E-state index contributed by atoms with van der Waals surface area (Å²) >= 11 is 0. The SMILES string of the molecule is O=C1[C@H]2CCCN2C(=O)N1CCCS(=O)(=O)c1ccc(F)cc1. The lowest BCUT2D eigenvalue weighted by molar-refractivity contribution is -0.127. The largest absolute Gasteiger partial charge is 0.327 e. The molecule has 0 radical (unpaired) electrons. The van der Waals surface area contributed by atoms with Crippen LogP contribution in [0.3, 0.4) is 0 Å². The number of hydrogen-bond donors (Lipinski definition) is 0. The van der Waals surface area contributed by atoms with Gasteiger partial charge in [-0.3, -0.25) is 9.69 Å². The van der Waals surface area contributed by atoms with E-state index in [0.29, 0.717) is 13.0 Å². The van der Waals surface area contributed by atoms with E-state index in [4.69, 9.17) is 0 Å². The number of nitrogens with zero attached hydrogens (tertiary/aromatic N) is 2. The van der Waals surface area contributed by atoms with E-state index in [1.807, 2.05) is 0 Å². The van der Waals surface area contributed by atoms with Gasteiger partial charge in [-0.05, 0) is 43.5 Å². The summed E-state index contributed by atoms with van der Waals surface area (Å²) in [6, 6.07) is 3.93. The highest BCUT2D eigenvalue weighted by Crippen LogP contribution is 2.27. The van der Waals surface area contributed by atoms with Gasteiger partial charge in [0.2, 0.25) is 0 Å². The van der Waals surface area contributed by atoms with E-state index in [1.165, 1.54) is 12.1 Å². The number of halogens is 1. The van der Waals surface area contributed by atoms with E-state index >= 15 is 0 Å². The molecule has 3 rings (SSSR count). The van der Waals surface area contributed by atoms with Gasteiger partial charge >= 0.3 is 6.03 Å². The molecule has 0 bridgehead atoms. The Morgan fingerprint density at radius 3 is 2.52 bits per heavy atom. The fourth-order valence-corrected chi connectivity index (χ4v) is 4.36. The van der Waals surface area contributed by atoms with Crippen LogP contribution in [-0.2, 0) is 14.6 Å². The molecule has 124 valence electrons. The Hall–Kier alpha value is -1.96. The molecule has 1 atom stereocenters. The Kier molecular flexibility index (Phi) is 4.09. The molecule has 8 heteroatoms. The maximum atomic E-state index is 12.8. The van der Waals surface area contributed by atoms with Crippen LogP contribution in [0.25, 0.3) is 0 Å². The number of fused-ring (bicyclic) bond motifs is 1. The van der Waals surface area contributed by atoms with Gasteiger partial charge in [-0.2, -0.15) is 0 Å². The monoisotopic (exact) mass is 340 g/mol. The van der Waals surface area contributed by atoms with E-state index in [1.54, 1.807) is 4.90 Å². The van der Waals surface area contributed by atoms with Gasteiger partial charge in [-0.15, -0.1) is 0 Å². The minimum Gasteiger partial charge on any atom is -0.312 e. The first-order valence-electron chi connectivity index (χ1n) is 7.50. The Morgan fingerprint density at radius 1 is 1.17 bits per heavy atom. The van der Waals surface area contributed by atoms with Gasteiger partial charge in [0.1, 0.15) is 11.9 Å². The Bertz CT molecular complexity index is 710. The molecule has 0 saturated carbocycles. The topological polar surface area (TPSA) is 74.8 Å². The summed E-state index contributed by atoms with van der Waals surface area (Å²) in [7, 11) is -3.55. The van der Waals surface area contributed by atoms with Crippen molar-refractivity contribution in [3.05, 3.63) is 30.1 Å². The second kappa shape index (κ2) is 5.92. The predicted octanol–water partition coefficient (Wildman–Crippen LogP) is 1.42. The van der Waals surface area contributed by atoms with Crippen LogP contribution < -0.4 is 0 Å². The van der Waals surface area contributed by atoms with Crippen LogP contribution in [0.4, 0.5) is 9.18 Å². The zero-order chi connectivity index (χ0) is 16.6. The standard InChI is InChI=1S/C15H17FN2O4S/c16-11-4-6-12(7-5-11)23(21,22)10-2-9-18-14(19)13-3-1-8-17(13)15(18)20/h4-7,13H,1-3,8-10H2/t13-/m1/s1. The zero-order valence-corrected chi connectivity index (χ0v) is 13.3. The number of urea groups is 1. The number of hydrogen-bond acceptors (Lipinski definition) is 4. The summed E-state index contributed by atoms with van der Waals surface area (Å²) in [5.41, 5.74) is 0. The molecule has 2 fully saturated rings. The van der Waals surface area contributed by atoms with Crippen molar-refractivity contribution >= 4 is 21.8 Å². The first-order valence-corrected chi connectivity index (χ1v) is 9.16. The van der Waals surface area contributed by atoms with Crippen molar-refractivity contribution in [1.82, 2.24) is 9.80 Å². The number of sulfone groups is 1. The minimum absolute atomic E-state index is 0.0404. The van der Waals surface area contributed by atoms with Gasteiger partial charge in [-0.25, -0.2) is 17.6 Å². The summed E-state index contributed by atoms with van der Waals surface area (Å²) in [4.78, 5) is 27.0. The number of carbonyl (C=O) groups is 2. The lowest BCUT2D eigenvalue weighted by Crippen LogP contribution is -2.34. The number of amides is 3. The summed E-state index contributed by atoms with van der Waals surface area (Å²) < 4.78 is 37.2. The fourth-order valence-electron chi connectivity index (χ4n) is 3.06. The van der Waals surface area contributed by atoms with E-state index < -0.39 is 15.7 Å². The van der Waals surface area contributed by atoms with Gasteiger partial charge in [0.25, 0.3) is 5.91 Å². The second-order valence-corrected chi connectivity index (χ2v) is 7.86. The first kappa shape index (κ1) is 15.9. The van der Waals surface area contributed by atoms with Crippen LogP contribution >= 0.6 is 0 Å². The molecular formula is C15H17FN2O4S. The highest BCUT2D eigenvalue weighted by molar-refractivity contribution is 7.91. The molecule has 6 nitrogen and oxygen atoms in total. The van der Waals surface area contributed by atoms with E-state index in [2.05, 4.69) is 0 Å². The number of rotatable bonds is 5. The third kappa shape index (κ3) is 2.95. The van der Waals surface area contributed by atoms with Crippen LogP contribution in [0.5, 0.6) is 0 Å². The van der Waals surface area contributed by atoms with Crippen molar-refractivity contribution in [3.8, 4) is 0 Å². The molecular weight excluding hydrogens is 323 g/mol. The molecule has 0 aromatic heterocycles. The highest BCUT2D eigenvalue weighted by Gasteiger charge is 2.46. The van der Waals surface area contributed by atoms with Gasteiger partial charge in [-0.1, -0.05) is 0 Å². The second-order valence-electron chi connectivity index (χ2n) is 5.75. The average molecular weight is 340 g/mol. The Balaban J connectivity index is 1.60. The van der Waals surface area contributed by atoms with Crippen LogP contribution in [0.2, 0.25) is 0 Å². The smallest absolute Gasteiger partial charge is 0.312 e. The van der Waals surface area contributed by atoms with Crippen molar-refractivity contribution in [2.45, 2.75) is 30.2 Å². The summed E-state index contributed by atoms with van der Waals surface area (Å²) in [5, 5.41) is 0. The molecule has 0 unspecified atom stereocenters. The van der Waals surface area contributed by atoms with E-state index in [-0.39, 0.29) is 41.6 Å². The molecule has 3 amide bonds. The number of imide groups is 1. The van der Waals surface area contributed by atoms with Gasteiger partial charge in [0.05, 0.1) is 10.6 Å². The highest BCUT2D eigenvalue weighted by atomic mass is 32.2. The van der Waals surface area contributed by atoms with Crippen molar-refractivity contribution in [2.24, 2.45) is 0 Å². The maximum absolute atomic E-state index is 12.8. The lowest BCUT2D eigenvalue weighted by atomic mass is 10.2. The molecule has 1 aromatic rings. The minimum atomic E-state index is -3.55. The molecule has 0 spiro atoms. The lowest BCUT2D eigenvalue weighted by Gasteiger charge is -2.15. The van der Waals surface area contributed by atoms with Crippen LogP contribution in [0.15, 0.2) is 29.2 Å². The molecule has 2 aliphatic rings. The van der Waals surface area contributed by atoms with Crippen LogP contribution in [0, 0.1) is 5.82 Å². The molecule has 2 aliphatic heterocycles. The summed E-state index contributed by atoms with van der Waals surface area (Å²) in [6.45, 7) is 0.671. The van der Waals surface area contributed by atoms with Gasteiger partial charge < -0.3 is 4.90 Å². The molecule has 23 heavy (non-hydrogen) atoms. The zero-order valence-electron chi connectivity index (χ0n) is 12.4. The summed E-state index contributed by atoms with van der Waals surface area (Å²) in [6.07, 6.45) is 1.67. The van der Waals surface area contributed by atoms with Crippen LogP contribution in [0.1, 0.15) is 19.3 Å². The molecule has 0 aliphatic carbocycles. The first-order chi connectivity index (χ1) is 10.9. The van der Waals surface area contributed by atoms with Crippen molar-refractivity contribution in [1.29, 1.82) is 0 Å². The van der Waals surface area contributed by atoms with Gasteiger partial charge in [0, 0.05) is 13.1 Å². The van der Waals surface area contributed by atoms with Gasteiger partial charge in [0.15, 0.2) is 9.84 Å². The predicted molar refractivity (Wildman–Crippen MR) is 79.9 cm³/mol. The van der Waals surface area contributed by atoms with Crippen molar-refractivity contribution in [2.75, 3.05) is 18.8 Å². The molecule has 2 heterocycles. The van der Waals surface area contributed by atoms with Crippen molar-refractivity contribution < 1.29 is 22.4 Å². The van der Waals surface area contributed by atoms with Crippen molar-refractivity contribution in [3.63, 3.8) is 0 Å².